The van der Waals surface area contributed by atoms with Gasteiger partial charge in [-0.3, -0.25) is 0 Å². The van der Waals surface area contributed by atoms with Crippen LogP contribution in [0.1, 0.15) is 98.8 Å². The molecule has 0 aromatic heterocycles. The van der Waals surface area contributed by atoms with Crippen molar-refractivity contribution in [3.05, 3.63) is 0 Å². The molecule has 0 saturated carbocycles. The molecule has 1 aliphatic heterocycles. The average molecular weight is 507 g/mol. The summed E-state index contributed by atoms with van der Waals surface area (Å²) in [5.41, 5.74) is -0.196. The van der Waals surface area contributed by atoms with E-state index in [9.17, 15) is 0 Å². The first-order chi connectivity index (χ1) is 13.5. The van der Waals surface area contributed by atoms with Gasteiger partial charge in [-0.15, -0.1) is 0 Å². The van der Waals surface area contributed by atoms with Crippen molar-refractivity contribution in [2.45, 2.75) is 128 Å². The van der Waals surface area contributed by atoms with Gasteiger partial charge in [0.2, 0.25) is 0 Å². The van der Waals surface area contributed by atoms with Crippen molar-refractivity contribution in [1.29, 1.82) is 0 Å². The molecule has 5 heteroatoms. The van der Waals surface area contributed by atoms with Crippen LogP contribution in [0.5, 0.6) is 0 Å². The second-order valence-corrected chi connectivity index (χ2v) is 22.9. The number of unbranched alkanes of at least 4 members (excludes halogenated alkanes) is 5. The van der Waals surface area contributed by atoms with Crippen molar-refractivity contribution in [3.8, 4) is 0 Å². The Morgan fingerprint density at radius 2 is 1.36 bits per heavy atom. The fraction of sp³-hybridized carbons (Fsp3) is 1.00. The Bertz CT molecular complexity index is 371. The predicted molar refractivity (Wildman–Crippen MR) is 120 cm³/mol. The van der Waals surface area contributed by atoms with E-state index >= 15 is 0 Å². The fourth-order valence-electron chi connectivity index (χ4n) is 5.10. The molecule has 0 amide bonds. The second kappa shape index (κ2) is 14.6. The molecule has 3 atom stereocenters. The molecule has 1 heterocycles. The van der Waals surface area contributed by atoms with Crippen LogP contribution >= 0.6 is 0 Å². The zero-order chi connectivity index (χ0) is 20.9. The van der Waals surface area contributed by atoms with Crippen LogP contribution in [0.15, 0.2) is 0 Å². The van der Waals surface area contributed by atoms with Gasteiger partial charge in [0, 0.05) is 0 Å². The summed E-state index contributed by atoms with van der Waals surface area (Å²) in [4.78, 5) is 12.0. The number of methoxy groups -OCH3 is 1. The normalized spacial score (nSPS) is 25.5. The van der Waals surface area contributed by atoms with Crippen molar-refractivity contribution in [2.75, 3.05) is 13.9 Å². The van der Waals surface area contributed by atoms with Crippen molar-refractivity contribution in [1.82, 2.24) is 0 Å². The molecule has 0 aromatic rings. The molecule has 0 N–H and O–H groups in total. The van der Waals surface area contributed by atoms with E-state index in [2.05, 4.69) is 34.6 Å². The van der Waals surface area contributed by atoms with Gasteiger partial charge in [0.25, 0.3) is 0 Å². The third-order valence-electron chi connectivity index (χ3n) is 6.63. The zero-order valence-corrected chi connectivity index (χ0v) is 22.5. The van der Waals surface area contributed by atoms with Crippen molar-refractivity contribution in [2.24, 2.45) is 0 Å². The summed E-state index contributed by atoms with van der Waals surface area (Å²) in [6, 6.07) is 0. The Morgan fingerprint density at radius 1 is 0.821 bits per heavy atom. The topological polar surface area (TPSA) is 36.9 Å². The van der Waals surface area contributed by atoms with Crippen LogP contribution in [0, 0.1) is 0 Å². The molecule has 1 aliphatic rings. The van der Waals surface area contributed by atoms with Crippen LogP contribution in [0.4, 0.5) is 0 Å². The van der Waals surface area contributed by atoms with Crippen molar-refractivity contribution in [3.63, 3.8) is 0 Å². The summed E-state index contributed by atoms with van der Waals surface area (Å²) < 4.78 is 16.1. The number of ether oxygens (including phenoxy) is 2. The third-order valence-corrected chi connectivity index (χ3v) is 24.5. The Balaban J connectivity index is 3.23. The van der Waals surface area contributed by atoms with Crippen LogP contribution < -0.4 is 0 Å². The Kier molecular flexibility index (Phi) is 13.9. The fourth-order valence-corrected chi connectivity index (χ4v) is 25.3. The van der Waals surface area contributed by atoms with E-state index in [1.165, 1.54) is 71.1 Å². The van der Waals surface area contributed by atoms with Gasteiger partial charge < -0.3 is 0 Å². The summed E-state index contributed by atoms with van der Waals surface area (Å²) in [6.45, 7) is 11.9. The molecule has 0 radical (unpaired) electrons. The summed E-state index contributed by atoms with van der Waals surface area (Å²) in [7, 11) is 1.69. The molecular weight excluding hydrogens is 459 g/mol. The molecule has 168 valence electrons. The van der Waals surface area contributed by atoms with Gasteiger partial charge in [-0.25, -0.2) is 0 Å². The number of rotatable bonds is 17. The summed E-state index contributed by atoms with van der Waals surface area (Å²) >= 11 is -2.62. The molecular formula is C23H48O4Sn. The van der Waals surface area contributed by atoms with E-state index in [0.717, 1.165) is 6.42 Å². The molecule has 0 spiro atoms. The molecule has 4 nitrogen and oxygen atoms in total. The zero-order valence-electron chi connectivity index (χ0n) is 19.7. The minimum absolute atomic E-state index is 0.196. The maximum atomic E-state index is 6.13. The molecule has 28 heavy (non-hydrogen) atoms. The van der Waals surface area contributed by atoms with E-state index in [-0.39, 0.29) is 18.7 Å². The SMILES string of the molecule is CCCCC[C@@]1(C)OO[C@@H](OCOC)[C@@H]1[Sn]([CH2]CCC)([CH2]CCC)[CH2]CCC. The number of hydrogen-bond acceptors (Lipinski definition) is 4. The molecule has 1 saturated heterocycles. The van der Waals surface area contributed by atoms with Crippen LogP contribution in [0.25, 0.3) is 0 Å². The van der Waals surface area contributed by atoms with Gasteiger partial charge in [-0.05, 0) is 0 Å². The predicted octanol–water partition coefficient (Wildman–Crippen LogP) is 7.45. The van der Waals surface area contributed by atoms with Gasteiger partial charge in [0.05, 0.1) is 0 Å². The molecule has 0 unspecified atom stereocenters. The van der Waals surface area contributed by atoms with Gasteiger partial charge in [0.15, 0.2) is 0 Å². The molecule has 0 aliphatic carbocycles. The van der Waals surface area contributed by atoms with Crippen molar-refractivity contribution >= 4 is 18.4 Å². The van der Waals surface area contributed by atoms with Crippen molar-refractivity contribution < 1.29 is 19.2 Å². The number of hydrogen-bond donors (Lipinski definition) is 0. The van der Waals surface area contributed by atoms with E-state index in [1.54, 1.807) is 7.11 Å². The van der Waals surface area contributed by atoms with E-state index < -0.39 is 18.4 Å². The second-order valence-electron chi connectivity index (χ2n) is 9.04. The van der Waals surface area contributed by atoms with E-state index in [4.69, 9.17) is 19.2 Å². The van der Waals surface area contributed by atoms with E-state index in [0.29, 0.717) is 3.93 Å². The standard InChI is InChI=1S/C11H21O4.3C4H9.Sn/c1-4-5-6-7-11(2)8-10(14-15-11)13-9-12-3;3*1-3-4-2;/h8,10H,4-7,9H2,1-3H3;3*1,3-4H2,2H3;/t10-,11-;;;;/m1..../s1. The van der Waals surface area contributed by atoms with Gasteiger partial charge in [0.1, 0.15) is 0 Å². The Labute approximate surface area is 179 Å². The summed E-state index contributed by atoms with van der Waals surface area (Å²) in [6.07, 6.45) is 12.4. The summed E-state index contributed by atoms with van der Waals surface area (Å²) in [5.74, 6) is 0. The first kappa shape index (κ1) is 26.7. The van der Waals surface area contributed by atoms with Gasteiger partial charge >= 0.3 is 179 Å². The molecule has 1 fully saturated rings. The van der Waals surface area contributed by atoms with Crippen LogP contribution in [-0.2, 0) is 19.2 Å². The van der Waals surface area contributed by atoms with Crippen LogP contribution in [0.3, 0.4) is 0 Å². The first-order valence-electron chi connectivity index (χ1n) is 12.0. The average Bonchev–Trinajstić information content (AvgIpc) is 3.03. The van der Waals surface area contributed by atoms with Gasteiger partial charge in [-0.1, -0.05) is 0 Å². The van der Waals surface area contributed by atoms with Crippen LogP contribution in [-0.4, -0.2) is 44.2 Å². The quantitative estimate of drug-likeness (QED) is 0.0887. The monoisotopic (exact) mass is 508 g/mol. The van der Waals surface area contributed by atoms with E-state index in [1.807, 2.05) is 0 Å². The Morgan fingerprint density at radius 3 is 1.82 bits per heavy atom. The minimum atomic E-state index is -2.62. The molecule has 0 aromatic carbocycles. The molecule has 0 bridgehead atoms. The Hall–Kier alpha value is 0.639. The summed E-state index contributed by atoms with van der Waals surface area (Å²) in [5, 5.41) is 0. The maximum absolute atomic E-state index is 6.13. The third kappa shape index (κ3) is 7.72. The van der Waals surface area contributed by atoms with Crippen LogP contribution in [0.2, 0.25) is 17.2 Å². The first-order valence-corrected chi connectivity index (χ1v) is 19.7. The van der Waals surface area contributed by atoms with Gasteiger partial charge in [-0.2, -0.15) is 0 Å². The molecule has 1 rings (SSSR count).